The fourth-order valence-corrected chi connectivity index (χ4v) is 5.23. The molecule has 1 amide bonds. The van der Waals surface area contributed by atoms with Gasteiger partial charge in [0.25, 0.3) is 5.91 Å². The molecule has 2 heterocycles. The number of rotatable bonds is 6. The number of anilines is 1. The highest BCUT2D eigenvalue weighted by molar-refractivity contribution is 7.92. The Bertz CT molecular complexity index is 1390. The highest BCUT2D eigenvalue weighted by Gasteiger charge is 2.25. The van der Waals surface area contributed by atoms with E-state index in [1.807, 2.05) is 0 Å². The zero-order valence-electron chi connectivity index (χ0n) is 17.4. The molecule has 164 valence electrons. The molecule has 4 aromatic rings. The van der Waals surface area contributed by atoms with Crippen LogP contribution in [0, 0.1) is 5.82 Å². The van der Waals surface area contributed by atoms with E-state index in [0.29, 0.717) is 9.83 Å². The lowest BCUT2D eigenvalue weighted by Crippen LogP contribution is -2.30. The zero-order chi connectivity index (χ0) is 22.9. The second-order valence-electron chi connectivity index (χ2n) is 7.45. The molecule has 0 atom stereocenters. The Labute approximate surface area is 189 Å². The van der Waals surface area contributed by atoms with Crippen LogP contribution in [0.25, 0.3) is 10.2 Å². The number of benzene rings is 2. The Morgan fingerprint density at radius 2 is 1.81 bits per heavy atom. The third kappa shape index (κ3) is 4.26. The smallest absolute Gasteiger partial charge is 0.260 e. The number of fused-ring (bicyclic) bond motifs is 1. The van der Waals surface area contributed by atoms with E-state index in [-0.39, 0.29) is 22.5 Å². The van der Waals surface area contributed by atoms with Crippen molar-refractivity contribution in [2.24, 2.45) is 0 Å². The number of aromatic nitrogens is 2. The minimum absolute atomic E-state index is 0.0811. The maximum Gasteiger partial charge on any atom is 0.260 e. The fraction of sp³-hybridized carbons (Fsp3) is 0.174. The third-order valence-corrected chi connectivity index (χ3v) is 8.15. The summed E-state index contributed by atoms with van der Waals surface area (Å²) in [6.45, 7) is 3.36. The first-order valence-corrected chi connectivity index (χ1v) is 12.2. The molecule has 0 bridgehead atoms. The number of sulfone groups is 1. The van der Waals surface area contributed by atoms with Crippen molar-refractivity contribution in [1.82, 2.24) is 9.97 Å². The quantitative estimate of drug-likeness (QED) is 0.403. The first-order valence-electron chi connectivity index (χ1n) is 9.87. The number of para-hydroxylation sites is 1. The van der Waals surface area contributed by atoms with Crippen LogP contribution in [0.15, 0.2) is 71.9 Å². The summed E-state index contributed by atoms with van der Waals surface area (Å²) in [6.07, 6.45) is 3.23. The molecule has 9 heteroatoms. The minimum Gasteiger partial charge on any atom is -0.279 e. The van der Waals surface area contributed by atoms with Gasteiger partial charge < -0.3 is 0 Å². The van der Waals surface area contributed by atoms with Gasteiger partial charge in [-0.2, -0.15) is 0 Å². The lowest BCUT2D eigenvalue weighted by atomic mass is 10.2. The number of nitrogens with zero attached hydrogens (tertiary/aromatic N) is 3. The third-order valence-electron chi connectivity index (χ3n) is 4.95. The normalized spacial score (nSPS) is 11.8. The van der Waals surface area contributed by atoms with E-state index in [9.17, 15) is 17.6 Å². The molecule has 0 N–H and O–H groups in total. The maximum absolute atomic E-state index is 14.2. The van der Waals surface area contributed by atoms with Crippen LogP contribution in [0.5, 0.6) is 0 Å². The molecule has 0 spiro atoms. The molecule has 0 saturated heterocycles. The Balaban J connectivity index is 1.79. The number of pyridine rings is 1. The Morgan fingerprint density at radius 1 is 1.09 bits per heavy atom. The van der Waals surface area contributed by atoms with E-state index in [2.05, 4.69) is 9.97 Å². The van der Waals surface area contributed by atoms with Crippen LogP contribution in [-0.4, -0.2) is 29.5 Å². The number of carbonyl (C=O) groups excluding carboxylic acids is 1. The number of hydrogen-bond acceptors (Lipinski definition) is 6. The standard InChI is InChI=1S/C23H20FN3O3S2/c1-15(2)32(29,30)18-6-3-5-17(13-18)22(28)27(14-16-9-11-25-12-10-16)23-26-21-19(24)7-4-8-20(21)31-23/h3-13,15H,14H2,1-2H3. The summed E-state index contributed by atoms with van der Waals surface area (Å²) in [7, 11) is -3.55. The number of halogens is 1. The van der Waals surface area contributed by atoms with Gasteiger partial charge in [-0.3, -0.25) is 14.7 Å². The van der Waals surface area contributed by atoms with Gasteiger partial charge in [0.1, 0.15) is 11.3 Å². The summed E-state index contributed by atoms with van der Waals surface area (Å²) < 4.78 is 40.1. The van der Waals surface area contributed by atoms with Crippen molar-refractivity contribution in [3.05, 3.63) is 83.9 Å². The van der Waals surface area contributed by atoms with Gasteiger partial charge in [-0.05, 0) is 61.9 Å². The molecule has 0 aliphatic heterocycles. The van der Waals surface area contributed by atoms with Crippen LogP contribution in [0.1, 0.15) is 29.8 Å². The number of amides is 1. The molecular formula is C23H20FN3O3S2. The summed E-state index contributed by atoms with van der Waals surface area (Å²) in [5.41, 5.74) is 1.20. The van der Waals surface area contributed by atoms with Crippen LogP contribution in [0.4, 0.5) is 9.52 Å². The highest BCUT2D eigenvalue weighted by atomic mass is 32.2. The van der Waals surface area contributed by atoms with E-state index in [4.69, 9.17) is 0 Å². The molecule has 4 rings (SSSR count). The van der Waals surface area contributed by atoms with Crippen LogP contribution in [0.2, 0.25) is 0 Å². The van der Waals surface area contributed by atoms with Crippen LogP contribution >= 0.6 is 11.3 Å². The lowest BCUT2D eigenvalue weighted by molar-refractivity contribution is 0.0985. The monoisotopic (exact) mass is 469 g/mol. The first-order chi connectivity index (χ1) is 15.3. The topological polar surface area (TPSA) is 80.2 Å². The van der Waals surface area contributed by atoms with Gasteiger partial charge in [-0.1, -0.05) is 23.5 Å². The molecule has 0 unspecified atom stereocenters. The molecule has 0 radical (unpaired) electrons. The van der Waals surface area contributed by atoms with Crippen LogP contribution in [0.3, 0.4) is 0 Å². The largest absolute Gasteiger partial charge is 0.279 e. The van der Waals surface area contributed by atoms with Gasteiger partial charge in [0.05, 0.1) is 21.4 Å². The van der Waals surface area contributed by atoms with E-state index >= 15 is 0 Å². The molecule has 0 fully saturated rings. The molecular weight excluding hydrogens is 449 g/mol. The van der Waals surface area contributed by atoms with Crippen LogP contribution in [-0.2, 0) is 16.4 Å². The van der Waals surface area contributed by atoms with Crippen molar-refractivity contribution in [3.8, 4) is 0 Å². The number of thiazole rings is 1. The summed E-state index contributed by atoms with van der Waals surface area (Å²) in [4.78, 5) is 23.4. The Kier molecular flexibility index (Phi) is 6.03. The van der Waals surface area contributed by atoms with Gasteiger partial charge in [-0.15, -0.1) is 0 Å². The number of hydrogen-bond donors (Lipinski definition) is 0. The van der Waals surface area contributed by atoms with Gasteiger partial charge in [0.15, 0.2) is 15.0 Å². The van der Waals surface area contributed by atoms with Crippen molar-refractivity contribution in [1.29, 1.82) is 0 Å². The Morgan fingerprint density at radius 3 is 2.50 bits per heavy atom. The van der Waals surface area contributed by atoms with Crippen molar-refractivity contribution >= 4 is 42.4 Å². The van der Waals surface area contributed by atoms with E-state index in [0.717, 1.165) is 5.56 Å². The molecule has 2 aromatic carbocycles. The Hall–Kier alpha value is -3.17. The molecule has 0 aliphatic carbocycles. The van der Waals surface area contributed by atoms with Crippen molar-refractivity contribution in [2.45, 2.75) is 30.5 Å². The average molecular weight is 470 g/mol. The predicted octanol–water partition coefficient (Wildman–Crippen LogP) is 4.86. The summed E-state index contributed by atoms with van der Waals surface area (Å²) in [5, 5.41) is -0.294. The van der Waals surface area contributed by atoms with Gasteiger partial charge in [0, 0.05) is 18.0 Å². The van der Waals surface area contributed by atoms with Crippen molar-refractivity contribution in [2.75, 3.05) is 4.90 Å². The molecule has 6 nitrogen and oxygen atoms in total. The second kappa shape index (κ2) is 8.76. The van der Waals surface area contributed by atoms with Crippen LogP contribution < -0.4 is 4.90 Å². The second-order valence-corrected chi connectivity index (χ2v) is 11.0. The van der Waals surface area contributed by atoms with E-state index < -0.39 is 26.8 Å². The predicted molar refractivity (Wildman–Crippen MR) is 123 cm³/mol. The molecule has 32 heavy (non-hydrogen) atoms. The summed E-state index contributed by atoms with van der Waals surface area (Å²) in [6, 6.07) is 14.2. The zero-order valence-corrected chi connectivity index (χ0v) is 19.0. The summed E-state index contributed by atoms with van der Waals surface area (Å²) in [5.74, 6) is -0.895. The fourth-order valence-electron chi connectivity index (χ4n) is 3.15. The van der Waals surface area contributed by atoms with E-state index in [1.165, 1.54) is 34.4 Å². The maximum atomic E-state index is 14.2. The molecule has 2 aromatic heterocycles. The van der Waals surface area contributed by atoms with Gasteiger partial charge >= 0.3 is 0 Å². The molecule has 0 aliphatic rings. The SMILES string of the molecule is CC(C)S(=O)(=O)c1cccc(C(=O)N(Cc2ccncc2)c2nc3c(F)cccc3s2)c1. The van der Waals surface area contributed by atoms with Crippen molar-refractivity contribution in [3.63, 3.8) is 0 Å². The number of carbonyl (C=O) groups is 1. The average Bonchev–Trinajstić information content (AvgIpc) is 3.23. The summed E-state index contributed by atoms with van der Waals surface area (Å²) >= 11 is 1.20. The van der Waals surface area contributed by atoms with Gasteiger partial charge in [-0.25, -0.2) is 17.8 Å². The molecule has 0 saturated carbocycles. The minimum atomic E-state index is -3.55. The van der Waals surface area contributed by atoms with Gasteiger partial charge in [0.2, 0.25) is 0 Å². The lowest BCUT2D eigenvalue weighted by Gasteiger charge is -2.20. The van der Waals surface area contributed by atoms with Crippen molar-refractivity contribution < 1.29 is 17.6 Å². The highest BCUT2D eigenvalue weighted by Crippen LogP contribution is 2.32. The van der Waals surface area contributed by atoms with E-state index in [1.54, 1.807) is 62.6 Å². The first kappa shape index (κ1) is 22.0.